The molecule has 0 bridgehead atoms. The standard InChI is InChI=1S/C83H114FN17O25S2/c1-41(2)28-56-73(112)89-38-66(105)92-55(19-21-67(106)107)74(113)95-57(29-42(3)4)79(118)100-70(43(5)6)82(121)97-59(32-49-37-87-54-17-13-11-15-51(49)54)76(115)99-63(81(120)101-71(45(8)102)83(122)123)40-128-127-39-62(98-78(117)61(34-68(108)109)91-46(9)103)80(119)90-44(7)72(111)93-58(31-48-36-86-53-16-12-10-14-50(48)53)75(114)96-60(77(116)94-56)33-65(104)88-35-47-18-20-64(52(84)30-47)126-69(110)22-24-124-26-27-125-25-23-85/h10-18,20,30,36-37,41-45,55-63,70-71,86-87,102H,19,21-29,31-35,38-40,85H2,1-9H3,(H,88,104)(H,89,112)(H,90,119)(H,91,103)(H,92,105)(H,93,111)(H,94,116)(H,95,113)(H,96,114)(H,97,121)(H,98,117)(H,99,115)(H,100,118)(H,101,120)(H,106,107)(H,108,109)(H,122,123)/t44-,45+,55-,56-,57-,58-,59-,60-,61-,62-,63-,70-,71-/m0/s1. The van der Waals surface area contributed by atoms with Gasteiger partial charge in [-0.05, 0) is 91.8 Å². The number of hydrogen-bond donors (Lipinski definition) is 21. The van der Waals surface area contributed by atoms with Crippen molar-refractivity contribution >= 4 is 150 Å². The number of halogens is 1. The number of para-hydroxylation sites is 2. The first kappa shape index (κ1) is 104. The van der Waals surface area contributed by atoms with E-state index in [1.807, 2.05) is 0 Å². The van der Waals surface area contributed by atoms with Gasteiger partial charge < -0.3 is 125 Å². The normalized spacial score (nSPS) is 21.2. The number of aliphatic carboxylic acids is 3. The molecule has 0 radical (unpaired) electrons. The van der Waals surface area contributed by atoms with Crippen LogP contribution >= 0.6 is 21.6 Å². The van der Waals surface area contributed by atoms with Gasteiger partial charge in [-0.2, -0.15) is 0 Å². The number of carboxylic acids is 3. The van der Waals surface area contributed by atoms with Crippen molar-refractivity contribution in [2.75, 3.05) is 51.0 Å². The average Bonchev–Trinajstić information content (AvgIpc) is 1.67. The smallest absolute Gasteiger partial charge is 0.328 e. The maximum atomic E-state index is 15.6. The summed E-state index contributed by atoms with van der Waals surface area (Å²) >= 11 is 0. The van der Waals surface area contributed by atoms with E-state index in [0.29, 0.717) is 67.7 Å². The molecule has 1 fully saturated rings. The number of carbonyl (C=O) groups excluding carboxylic acids is 15. The number of rotatable bonds is 34. The Morgan fingerprint density at radius 2 is 1.12 bits per heavy atom. The van der Waals surface area contributed by atoms with Gasteiger partial charge in [0.25, 0.3) is 0 Å². The van der Waals surface area contributed by atoms with Crippen LogP contribution in [0, 0.1) is 23.6 Å². The number of amides is 14. The van der Waals surface area contributed by atoms with Crippen LogP contribution < -0.4 is 84.9 Å². The zero-order valence-corrected chi connectivity index (χ0v) is 73.7. The van der Waals surface area contributed by atoms with E-state index in [0.717, 1.165) is 32.9 Å². The van der Waals surface area contributed by atoms with Crippen LogP contribution in [0.5, 0.6) is 5.75 Å². The molecular weight excluding hydrogens is 1720 g/mol. The van der Waals surface area contributed by atoms with E-state index in [1.165, 1.54) is 32.3 Å². The highest BCUT2D eigenvalue weighted by atomic mass is 33.1. The quantitative estimate of drug-likeness (QED) is 0.00963. The molecule has 1 saturated heterocycles. The molecule has 22 N–H and O–H groups in total. The maximum Gasteiger partial charge on any atom is 0.328 e. The molecule has 1 aliphatic rings. The lowest BCUT2D eigenvalue weighted by Gasteiger charge is -2.29. The van der Waals surface area contributed by atoms with E-state index >= 15 is 18.8 Å². The minimum Gasteiger partial charge on any atom is -0.481 e. The zero-order valence-electron chi connectivity index (χ0n) is 72.1. The molecule has 128 heavy (non-hydrogen) atoms. The third-order valence-electron chi connectivity index (χ3n) is 19.6. The Kier molecular flexibility index (Phi) is 42.5. The van der Waals surface area contributed by atoms with Gasteiger partial charge in [-0.1, -0.05) is 106 Å². The third-order valence-corrected chi connectivity index (χ3v) is 22.0. The van der Waals surface area contributed by atoms with Crippen molar-refractivity contribution in [2.24, 2.45) is 23.5 Å². The lowest BCUT2D eigenvalue weighted by Crippen LogP contribution is -2.61. The number of ether oxygens (including phenoxy) is 3. The van der Waals surface area contributed by atoms with Crippen LogP contribution in [-0.4, -0.2) is 267 Å². The monoisotopic (exact) mass is 1830 g/mol. The lowest BCUT2D eigenvalue weighted by molar-refractivity contribution is -0.145. The molecule has 3 heterocycles. The van der Waals surface area contributed by atoms with Crippen LogP contribution in [0.3, 0.4) is 0 Å². The minimum absolute atomic E-state index is 0.0848. The Morgan fingerprint density at radius 3 is 1.67 bits per heavy atom. The number of hydrogen-bond acceptors (Lipinski definition) is 25. The molecule has 45 heteroatoms. The van der Waals surface area contributed by atoms with E-state index in [-0.39, 0.29) is 51.1 Å². The van der Waals surface area contributed by atoms with E-state index in [4.69, 9.17) is 19.9 Å². The number of H-pyrrole nitrogens is 2. The molecule has 6 rings (SSSR count). The SMILES string of the molecule is CC(=O)N[C@@H](CC(=O)O)C(=O)N[C@H]1CSSC[C@@H](C(=O)N[C@H](C(=O)O)[C@@H](C)O)NC(=O)[C@H](Cc2c[nH]c3ccccc23)NC(=O)[C@H](C(C)C)NC(=O)[C@H](CC(C)C)NC(=O)[C@H](CCC(=O)O)NC(=O)CNC(=O)[C@H](CC(C)C)NC(=O)[C@H](CC(=O)NCc2ccc(OC(=O)CCOCCOCCN)c(F)c2)NC(=O)[C@H](Cc2c[nH]c3ccccc23)NC(=O)[C@H](C)NC1=O. The van der Waals surface area contributed by atoms with Crippen molar-refractivity contribution in [3.63, 3.8) is 0 Å². The summed E-state index contributed by atoms with van der Waals surface area (Å²) in [5.74, 6) is -25.5. The van der Waals surface area contributed by atoms with Crippen LogP contribution in [0.2, 0.25) is 0 Å². The number of aromatic amines is 2. The number of carboxylic acid groups (broad SMARTS) is 3. The number of nitrogens with two attached hydrogens (primary N) is 1. The van der Waals surface area contributed by atoms with Gasteiger partial charge in [0.2, 0.25) is 82.7 Å². The minimum atomic E-state index is -2.02. The van der Waals surface area contributed by atoms with E-state index < -0.39 is 271 Å². The Balaban J connectivity index is 1.46. The molecule has 0 unspecified atom stereocenters. The molecule has 3 aromatic carbocycles. The summed E-state index contributed by atoms with van der Waals surface area (Å²) < 4.78 is 31.3. The molecule has 1 aliphatic heterocycles. The summed E-state index contributed by atoms with van der Waals surface area (Å²) in [6.45, 7) is 12.3. The van der Waals surface area contributed by atoms with Crippen molar-refractivity contribution in [3.8, 4) is 5.75 Å². The maximum absolute atomic E-state index is 15.6. The molecule has 0 saturated carbocycles. The highest BCUT2D eigenvalue weighted by Crippen LogP contribution is 2.27. The number of aromatic nitrogens is 2. The van der Waals surface area contributed by atoms with Crippen LogP contribution in [0.4, 0.5) is 4.39 Å². The zero-order chi connectivity index (χ0) is 94.6. The van der Waals surface area contributed by atoms with Crippen LogP contribution in [0.25, 0.3) is 21.8 Å². The van der Waals surface area contributed by atoms with Gasteiger partial charge in [0.05, 0.1) is 58.3 Å². The van der Waals surface area contributed by atoms with E-state index in [1.54, 1.807) is 76.2 Å². The molecule has 5 aromatic rings. The number of aliphatic hydroxyl groups is 1. The van der Waals surface area contributed by atoms with E-state index in [9.17, 15) is 92.3 Å². The summed E-state index contributed by atoms with van der Waals surface area (Å²) in [4.78, 5) is 259. The summed E-state index contributed by atoms with van der Waals surface area (Å²) in [6, 6.07) is -4.40. The number of esters is 1. The number of fused-ring (bicyclic) bond motifs is 2. The lowest BCUT2D eigenvalue weighted by atomic mass is 9.98. The molecule has 14 amide bonds. The van der Waals surface area contributed by atoms with E-state index in [2.05, 4.69) is 84.4 Å². The van der Waals surface area contributed by atoms with Crippen molar-refractivity contribution in [3.05, 3.63) is 102 Å². The van der Waals surface area contributed by atoms with Gasteiger partial charge in [0.15, 0.2) is 17.6 Å². The second kappa shape index (κ2) is 52.1. The Hall–Kier alpha value is -12.3. The van der Waals surface area contributed by atoms with Gasteiger partial charge in [0, 0.05) is 85.0 Å². The summed E-state index contributed by atoms with van der Waals surface area (Å²) in [5, 5.41) is 75.9. The number of carbonyl (C=O) groups is 18. The summed E-state index contributed by atoms with van der Waals surface area (Å²) in [6.07, 6.45) is -3.50. The first-order chi connectivity index (χ1) is 60.6. The molecule has 700 valence electrons. The second-order valence-electron chi connectivity index (χ2n) is 31.5. The largest absolute Gasteiger partial charge is 0.481 e. The van der Waals surface area contributed by atoms with Crippen molar-refractivity contribution in [1.29, 1.82) is 0 Å². The Labute approximate surface area is 743 Å². The predicted octanol–water partition coefficient (Wildman–Crippen LogP) is -1.51. The number of nitrogens with one attached hydrogen (secondary N) is 16. The van der Waals surface area contributed by atoms with Crippen LogP contribution in [0.1, 0.15) is 124 Å². The van der Waals surface area contributed by atoms with Gasteiger partial charge in [-0.3, -0.25) is 81.5 Å². The molecular formula is C83H114FN17O25S2. The predicted molar refractivity (Wildman–Crippen MR) is 462 cm³/mol. The molecule has 0 spiro atoms. The van der Waals surface area contributed by atoms with Gasteiger partial charge in [0.1, 0.15) is 66.5 Å². The molecule has 42 nitrogen and oxygen atoms in total. The second-order valence-corrected chi connectivity index (χ2v) is 34.1. The van der Waals surface area contributed by atoms with Crippen molar-refractivity contribution < 1.29 is 125 Å². The molecule has 0 aliphatic carbocycles. The first-order valence-corrected chi connectivity index (χ1v) is 43.8. The first-order valence-electron chi connectivity index (χ1n) is 41.3. The summed E-state index contributed by atoms with van der Waals surface area (Å²) in [7, 11) is 1.39. The third kappa shape index (κ3) is 34.8. The Morgan fingerprint density at radius 1 is 0.578 bits per heavy atom. The fourth-order valence-electron chi connectivity index (χ4n) is 13.0. The van der Waals surface area contributed by atoms with Gasteiger partial charge in [-0.15, -0.1) is 0 Å². The molecule has 2 aromatic heterocycles. The highest BCUT2D eigenvalue weighted by molar-refractivity contribution is 8.76. The number of benzene rings is 3. The van der Waals surface area contributed by atoms with Crippen molar-refractivity contribution in [2.45, 2.75) is 205 Å². The molecule has 13 atom stereocenters. The van der Waals surface area contributed by atoms with Crippen LogP contribution in [-0.2, 0) is 115 Å². The number of aliphatic hydroxyl groups excluding tert-OH is 1. The van der Waals surface area contributed by atoms with Crippen molar-refractivity contribution in [1.82, 2.24) is 84.4 Å². The fourth-order valence-corrected chi connectivity index (χ4v) is 15.4. The van der Waals surface area contributed by atoms with Crippen LogP contribution in [0.15, 0.2) is 79.1 Å². The topological polar surface area (TPSA) is 642 Å². The fraction of sp³-hybridized carbons (Fsp3) is 0.518. The van der Waals surface area contributed by atoms with Gasteiger partial charge >= 0.3 is 23.9 Å². The highest BCUT2D eigenvalue weighted by Gasteiger charge is 2.40. The van der Waals surface area contributed by atoms with Gasteiger partial charge in [-0.25, -0.2) is 9.18 Å². The Bertz CT molecular complexity index is 4740. The average molecular weight is 1830 g/mol. The summed E-state index contributed by atoms with van der Waals surface area (Å²) in [5.41, 5.74) is 7.42.